The second-order valence-corrected chi connectivity index (χ2v) is 5.48. The molecule has 0 aliphatic carbocycles. The van der Waals surface area contributed by atoms with Crippen LogP contribution in [0.2, 0.25) is 0 Å². The van der Waals surface area contributed by atoms with E-state index in [1.54, 1.807) is 54.9 Å². The van der Waals surface area contributed by atoms with Crippen LogP contribution in [0.15, 0.2) is 67.0 Å². The summed E-state index contributed by atoms with van der Waals surface area (Å²) in [6.45, 7) is 1.86. The third-order valence-corrected chi connectivity index (χ3v) is 3.50. The van der Waals surface area contributed by atoms with Crippen molar-refractivity contribution < 1.29 is 13.9 Å². The predicted octanol–water partition coefficient (Wildman–Crippen LogP) is 4.37. The fraction of sp³-hybridized carbons (Fsp3) is 0.0500. The van der Waals surface area contributed by atoms with Gasteiger partial charge < -0.3 is 10.1 Å². The first kappa shape index (κ1) is 17.3. The summed E-state index contributed by atoms with van der Waals surface area (Å²) in [4.78, 5) is 20.1. The Kier molecular flexibility index (Phi) is 5.34. The van der Waals surface area contributed by atoms with Crippen molar-refractivity contribution in [2.24, 2.45) is 0 Å². The maximum Gasteiger partial charge on any atom is 0.321 e. The highest BCUT2D eigenvalue weighted by Crippen LogP contribution is 2.24. The van der Waals surface area contributed by atoms with Gasteiger partial charge in [0.25, 0.3) is 0 Å². The molecule has 0 bridgehead atoms. The zero-order chi connectivity index (χ0) is 18.4. The topological polar surface area (TPSA) is 64.1 Å². The van der Waals surface area contributed by atoms with Crippen LogP contribution >= 0.6 is 0 Å². The first-order valence-electron chi connectivity index (χ1n) is 7.90. The number of aryl methyl sites for hydroxylation is 1. The molecule has 0 unspecified atom stereocenters. The van der Waals surface area contributed by atoms with Gasteiger partial charge in [0.1, 0.15) is 11.6 Å². The molecule has 1 aromatic heterocycles. The number of anilines is 1. The van der Waals surface area contributed by atoms with Crippen molar-refractivity contribution in [2.75, 3.05) is 5.32 Å². The Labute approximate surface area is 150 Å². The molecule has 1 amide bonds. The van der Waals surface area contributed by atoms with E-state index < -0.39 is 0 Å². The lowest BCUT2D eigenvalue weighted by atomic mass is 10.2. The molecule has 0 atom stereocenters. The summed E-state index contributed by atoms with van der Waals surface area (Å²) < 4.78 is 18.4. The van der Waals surface area contributed by atoms with E-state index >= 15 is 0 Å². The minimum absolute atomic E-state index is 0.255. The fourth-order valence-corrected chi connectivity index (χ4v) is 2.20. The third-order valence-electron chi connectivity index (χ3n) is 3.50. The standard InChI is InChI=1S/C20H16FN3O2/c1-14-13-17(26-20-22-11-2-12-23-20)8-9-18(14)24-19(25)10-5-15-3-6-16(21)7-4-15/h2-13H,1H3,(H,24,25). The number of rotatable bonds is 5. The van der Waals surface area contributed by atoms with Gasteiger partial charge in [0.15, 0.2) is 0 Å². The van der Waals surface area contributed by atoms with Crippen molar-refractivity contribution in [2.45, 2.75) is 6.92 Å². The van der Waals surface area contributed by atoms with Crippen molar-refractivity contribution in [3.63, 3.8) is 0 Å². The third kappa shape index (κ3) is 4.73. The van der Waals surface area contributed by atoms with E-state index in [2.05, 4.69) is 15.3 Å². The largest absolute Gasteiger partial charge is 0.424 e. The van der Waals surface area contributed by atoms with Gasteiger partial charge in [-0.1, -0.05) is 12.1 Å². The lowest BCUT2D eigenvalue weighted by molar-refractivity contribution is -0.111. The van der Waals surface area contributed by atoms with Crippen LogP contribution in [0.1, 0.15) is 11.1 Å². The Morgan fingerprint density at radius 2 is 1.85 bits per heavy atom. The van der Waals surface area contributed by atoms with Crippen molar-refractivity contribution in [1.82, 2.24) is 9.97 Å². The zero-order valence-electron chi connectivity index (χ0n) is 14.0. The zero-order valence-corrected chi connectivity index (χ0v) is 14.0. The van der Waals surface area contributed by atoms with Crippen LogP contribution in [0.25, 0.3) is 6.08 Å². The van der Waals surface area contributed by atoms with Crippen LogP contribution in [-0.4, -0.2) is 15.9 Å². The smallest absolute Gasteiger partial charge is 0.321 e. The Bertz CT molecular complexity index is 926. The van der Waals surface area contributed by atoms with Gasteiger partial charge in [-0.3, -0.25) is 4.79 Å². The van der Waals surface area contributed by atoms with Gasteiger partial charge in [-0.05, 0) is 60.5 Å². The summed E-state index contributed by atoms with van der Waals surface area (Å²) in [6, 6.07) is 13.1. The van der Waals surface area contributed by atoms with Gasteiger partial charge in [0, 0.05) is 24.2 Å². The van der Waals surface area contributed by atoms with E-state index in [-0.39, 0.29) is 17.7 Å². The molecular formula is C20H16FN3O2. The minimum atomic E-state index is -0.314. The van der Waals surface area contributed by atoms with Crippen LogP contribution < -0.4 is 10.1 Å². The van der Waals surface area contributed by atoms with Gasteiger partial charge in [-0.15, -0.1) is 0 Å². The highest BCUT2D eigenvalue weighted by Gasteiger charge is 2.05. The van der Waals surface area contributed by atoms with Gasteiger partial charge in [0.2, 0.25) is 5.91 Å². The summed E-state index contributed by atoms with van der Waals surface area (Å²) in [5.74, 6) is -0.0172. The van der Waals surface area contributed by atoms with E-state index in [1.807, 2.05) is 6.92 Å². The van der Waals surface area contributed by atoms with Gasteiger partial charge in [0.05, 0.1) is 0 Å². The molecular weight excluding hydrogens is 333 g/mol. The summed E-state index contributed by atoms with van der Waals surface area (Å²) in [5.41, 5.74) is 2.24. The minimum Gasteiger partial charge on any atom is -0.424 e. The molecule has 0 aliphatic heterocycles. The molecule has 0 fully saturated rings. The Balaban J connectivity index is 1.64. The average Bonchev–Trinajstić information content (AvgIpc) is 2.64. The molecule has 1 heterocycles. The lowest BCUT2D eigenvalue weighted by Gasteiger charge is -2.09. The first-order chi connectivity index (χ1) is 12.6. The molecule has 3 aromatic rings. The molecule has 5 nitrogen and oxygen atoms in total. The van der Waals surface area contributed by atoms with Gasteiger partial charge >= 0.3 is 6.01 Å². The molecule has 6 heteroatoms. The van der Waals surface area contributed by atoms with Crippen LogP contribution in [-0.2, 0) is 4.79 Å². The molecule has 3 rings (SSSR count). The normalized spacial score (nSPS) is 10.7. The molecule has 0 spiro atoms. The summed E-state index contributed by atoms with van der Waals surface area (Å²) in [6.07, 6.45) is 6.21. The number of hydrogen-bond acceptors (Lipinski definition) is 4. The van der Waals surface area contributed by atoms with Crippen molar-refractivity contribution >= 4 is 17.7 Å². The number of nitrogens with one attached hydrogen (secondary N) is 1. The SMILES string of the molecule is Cc1cc(Oc2ncccn2)ccc1NC(=O)C=Cc1ccc(F)cc1. The molecule has 0 saturated carbocycles. The van der Waals surface area contributed by atoms with Crippen molar-refractivity contribution in [3.05, 3.63) is 83.9 Å². The van der Waals surface area contributed by atoms with Gasteiger partial charge in [-0.2, -0.15) is 0 Å². The number of amides is 1. The molecule has 130 valence electrons. The van der Waals surface area contributed by atoms with Crippen LogP contribution in [0.5, 0.6) is 11.8 Å². The Morgan fingerprint density at radius 3 is 2.54 bits per heavy atom. The number of hydrogen-bond donors (Lipinski definition) is 1. The highest BCUT2D eigenvalue weighted by molar-refractivity contribution is 6.02. The van der Waals surface area contributed by atoms with Crippen molar-refractivity contribution in [3.8, 4) is 11.8 Å². The van der Waals surface area contributed by atoms with Crippen LogP contribution in [0.4, 0.5) is 10.1 Å². The monoisotopic (exact) mass is 349 g/mol. The lowest BCUT2D eigenvalue weighted by Crippen LogP contribution is -2.09. The average molecular weight is 349 g/mol. The maximum absolute atomic E-state index is 12.9. The molecule has 2 aromatic carbocycles. The predicted molar refractivity (Wildman–Crippen MR) is 97.3 cm³/mol. The molecule has 26 heavy (non-hydrogen) atoms. The summed E-state index contributed by atoms with van der Waals surface area (Å²) in [7, 11) is 0. The summed E-state index contributed by atoms with van der Waals surface area (Å²) >= 11 is 0. The molecule has 1 N–H and O–H groups in total. The van der Waals surface area contributed by atoms with Crippen LogP contribution in [0, 0.1) is 12.7 Å². The second-order valence-electron chi connectivity index (χ2n) is 5.48. The first-order valence-corrected chi connectivity index (χ1v) is 7.90. The Hall–Kier alpha value is -3.54. The number of benzene rings is 2. The number of ether oxygens (including phenoxy) is 1. The quantitative estimate of drug-likeness (QED) is 0.695. The number of halogens is 1. The van der Waals surface area contributed by atoms with E-state index in [4.69, 9.17) is 4.74 Å². The number of carbonyl (C=O) groups excluding carboxylic acids is 1. The fourth-order valence-electron chi connectivity index (χ4n) is 2.20. The molecule has 0 radical (unpaired) electrons. The van der Waals surface area contributed by atoms with Gasteiger partial charge in [-0.25, -0.2) is 14.4 Å². The number of carbonyl (C=O) groups is 1. The Morgan fingerprint density at radius 1 is 1.12 bits per heavy atom. The number of nitrogens with zero attached hydrogens (tertiary/aromatic N) is 2. The highest BCUT2D eigenvalue weighted by atomic mass is 19.1. The molecule has 0 aliphatic rings. The van der Waals surface area contributed by atoms with Crippen molar-refractivity contribution in [1.29, 1.82) is 0 Å². The second kappa shape index (κ2) is 8.02. The van der Waals surface area contributed by atoms with E-state index in [9.17, 15) is 9.18 Å². The number of aromatic nitrogens is 2. The van der Waals surface area contributed by atoms with E-state index in [0.29, 0.717) is 11.4 Å². The molecule has 0 saturated heterocycles. The van der Waals surface area contributed by atoms with E-state index in [1.165, 1.54) is 18.2 Å². The van der Waals surface area contributed by atoms with Crippen LogP contribution in [0.3, 0.4) is 0 Å². The van der Waals surface area contributed by atoms with E-state index in [0.717, 1.165) is 11.1 Å². The maximum atomic E-state index is 12.9. The summed E-state index contributed by atoms with van der Waals surface area (Å²) in [5, 5.41) is 2.80.